The maximum absolute atomic E-state index is 13.0. The maximum atomic E-state index is 13.0. The molecule has 1 rings (SSSR count). The number of nitrogens with one attached hydrogen (secondary N) is 1. The van der Waals surface area contributed by atoms with E-state index in [0.717, 1.165) is 0 Å². The van der Waals surface area contributed by atoms with Crippen LogP contribution in [0.4, 0.5) is 8.78 Å². The van der Waals surface area contributed by atoms with Gasteiger partial charge < -0.3 is 10.4 Å². The Morgan fingerprint density at radius 2 is 2.06 bits per heavy atom. The molecule has 18 heavy (non-hydrogen) atoms. The Hall–Kier alpha value is -1.20. The van der Waals surface area contributed by atoms with Crippen LogP contribution in [0.25, 0.3) is 0 Å². The summed E-state index contributed by atoms with van der Waals surface area (Å²) in [6.07, 6.45) is -0.364. The zero-order valence-electron chi connectivity index (χ0n) is 10.6. The minimum absolute atomic E-state index is 0.108. The van der Waals surface area contributed by atoms with Gasteiger partial charge in [-0.3, -0.25) is 4.79 Å². The first-order valence-corrected chi connectivity index (χ1v) is 6.12. The van der Waals surface area contributed by atoms with Gasteiger partial charge in [-0.05, 0) is 18.8 Å². The molecule has 2 N–H and O–H groups in total. The van der Waals surface area contributed by atoms with E-state index in [2.05, 4.69) is 5.32 Å². The molecular formula is C12H19F2NO3. The topological polar surface area (TPSA) is 66.4 Å². The zero-order valence-corrected chi connectivity index (χ0v) is 10.6. The van der Waals surface area contributed by atoms with Crippen LogP contribution < -0.4 is 5.32 Å². The van der Waals surface area contributed by atoms with Crippen molar-refractivity contribution in [3.63, 3.8) is 0 Å². The molecule has 1 amide bonds. The Kier molecular flexibility index (Phi) is 4.65. The summed E-state index contributed by atoms with van der Waals surface area (Å²) in [6.45, 7) is 3.68. The predicted molar refractivity (Wildman–Crippen MR) is 61.3 cm³/mol. The molecule has 0 aromatic rings. The molecule has 0 radical (unpaired) electrons. The van der Waals surface area contributed by atoms with Crippen molar-refractivity contribution in [1.29, 1.82) is 0 Å². The predicted octanol–water partition coefficient (Wildman–Crippen LogP) is 2.04. The Morgan fingerprint density at radius 3 is 2.44 bits per heavy atom. The van der Waals surface area contributed by atoms with Crippen molar-refractivity contribution in [3.8, 4) is 0 Å². The number of halogens is 2. The average Bonchev–Trinajstić information content (AvgIpc) is 2.57. The summed E-state index contributed by atoms with van der Waals surface area (Å²) in [5.41, 5.74) is 0. The Labute approximate surface area is 105 Å². The Morgan fingerprint density at radius 1 is 1.44 bits per heavy atom. The highest BCUT2D eigenvalue weighted by atomic mass is 19.3. The fourth-order valence-corrected chi connectivity index (χ4v) is 2.16. The van der Waals surface area contributed by atoms with Gasteiger partial charge in [0.1, 0.15) is 6.04 Å². The first-order valence-electron chi connectivity index (χ1n) is 6.12. The van der Waals surface area contributed by atoms with E-state index in [-0.39, 0.29) is 18.8 Å². The molecule has 6 heteroatoms. The number of hydrogen-bond donors (Lipinski definition) is 2. The fourth-order valence-electron chi connectivity index (χ4n) is 2.16. The molecule has 0 heterocycles. The second kappa shape index (κ2) is 5.63. The molecule has 1 aliphatic carbocycles. The third kappa shape index (κ3) is 4.23. The van der Waals surface area contributed by atoms with Crippen LogP contribution >= 0.6 is 0 Å². The minimum Gasteiger partial charge on any atom is -0.480 e. The van der Waals surface area contributed by atoms with Crippen molar-refractivity contribution in [1.82, 2.24) is 5.32 Å². The van der Waals surface area contributed by atoms with Gasteiger partial charge >= 0.3 is 5.97 Å². The van der Waals surface area contributed by atoms with Gasteiger partial charge in [0.2, 0.25) is 11.8 Å². The highest BCUT2D eigenvalue weighted by Crippen LogP contribution is 2.38. The lowest BCUT2D eigenvalue weighted by atomic mass is 10.0. The lowest BCUT2D eigenvalue weighted by Gasteiger charge is -2.19. The number of aliphatic carboxylic acids is 1. The Balaban J connectivity index is 2.54. The number of alkyl halides is 2. The first kappa shape index (κ1) is 14.9. The van der Waals surface area contributed by atoms with Gasteiger partial charge in [0, 0.05) is 18.8 Å². The minimum atomic E-state index is -2.79. The first-order chi connectivity index (χ1) is 8.21. The number of rotatable bonds is 5. The molecule has 1 unspecified atom stereocenters. The molecule has 1 fully saturated rings. The van der Waals surface area contributed by atoms with Gasteiger partial charge in [-0.2, -0.15) is 0 Å². The van der Waals surface area contributed by atoms with Crippen molar-refractivity contribution < 1.29 is 23.5 Å². The van der Waals surface area contributed by atoms with Crippen molar-refractivity contribution in [2.45, 2.75) is 51.5 Å². The monoisotopic (exact) mass is 263 g/mol. The van der Waals surface area contributed by atoms with E-state index in [1.807, 2.05) is 13.8 Å². The van der Waals surface area contributed by atoms with E-state index in [9.17, 15) is 18.4 Å². The SMILES string of the molecule is CC(C)C[C@H](NC(=O)C1CCC(F)(F)C1)C(=O)O. The lowest BCUT2D eigenvalue weighted by molar-refractivity contribution is -0.143. The number of amides is 1. The van der Waals surface area contributed by atoms with Gasteiger partial charge in [-0.25, -0.2) is 13.6 Å². The third-order valence-corrected chi connectivity index (χ3v) is 3.10. The number of carboxylic acids is 1. The van der Waals surface area contributed by atoms with Gasteiger partial charge in [0.15, 0.2) is 0 Å². The normalized spacial score (nSPS) is 23.9. The summed E-state index contributed by atoms with van der Waals surface area (Å²) >= 11 is 0. The summed E-state index contributed by atoms with van der Waals surface area (Å²) in [5.74, 6) is -5.15. The van der Waals surface area contributed by atoms with Crippen LogP contribution in [-0.4, -0.2) is 28.9 Å². The number of hydrogen-bond acceptors (Lipinski definition) is 2. The molecule has 4 nitrogen and oxygen atoms in total. The van der Waals surface area contributed by atoms with Crippen molar-refractivity contribution in [2.75, 3.05) is 0 Å². The zero-order chi connectivity index (χ0) is 13.9. The third-order valence-electron chi connectivity index (χ3n) is 3.10. The van der Waals surface area contributed by atoms with Crippen LogP contribution in [0, 0.1) is 11.8 Å². The Bertz CT molecular complexity index is 331. The van der Waals surface area contributed by atoms with Gasteiger partial charge in [0.25, 0.3) is 0 Å². The molecule has 104 valence electrons. The van der Waals surface area contributed by atoms with Gasteiger partial charge in [-0.15, -0.1) is 0 Å². The van der Waals surface area contributed by atoms with Gasteiger partial charge in [0.05, 0.1) is 0 Å². The summed E-state index contributed by atoms with van der Waals surface area (Å²) in [6, 6.07) is -0.994. The van der Waals surface area contributed by atoms with E-state index >= 15 is 0 Å². The van der Waals surface area contributed by atoms with E-state index in [4.69, 9.17) is 5.11 Å². The highest BCUT2D eigenvalue weighted by molar-refractivity contribution is 5.85. The molecule has 0 aliphatic heterocycles. The maximum Gasteiger partial charge on any atom is 0.326 e. The molecule has 0 aromatic carbocycles. The summed E-state index contributed by atoms with van der Waals surface area (Å²) < 4.78 is 25.9. The molecule has 1 aliphatic rings. The summed E-state index contributed by atoms with van der Waals surface area (Å²) in [7, 11) is 0. The number of carboxylic acid groups (broad SMARTS) is 1. The molecule has 0 bridgehead atoms. The summed E-state index contributed by atoms with van der Waals surface area (Å²) in [4.78, 5) is 22.7. The summed E-state index contributed by atoms with van der Waals surface area (Å²) in [5, 5.41) is 11.3. The second-order valence-corrected chi connectivity index (χ2v) is 5.32. The molecule has 2 atom stereocenters. The van der Waals surface area contributed by atoms with Crippen molar-refractivity contribution >= 4 is 11.9 Å². The van der Waals surface area contributed by atoms with E-state index in [0.29, 0.717) is 6.42 Å². The van der Waals surface area contributed by atoms with Crippen LogP contribution in [0.1, 0.15) is 39.5 Å². The fraction of sp³-hybridized carbons (Fsp3) is 0.833. The lowest BCUT2D eigenvalue weighted by Crippen LogP contribution is -2.44. The molecule has 1 saturated carbocycles. The molecule has 0 spiro atoms. The molecule has 0 saturated heterocycles. The van der Waals surface area contributed by atoms with Crippen LogP contribution in [0.3, 0.4) is 0 Å². The van der Waals surface area contributed by atoms with Crippen LogP contribution in [0.5, 0.6) is 0 Å². The quantitative estimate of drug-likeness (QED) is 0.797. The van der Waals surface area contributed by atoms with E-state index < -0.39 is 36.2 Å². The van der Waals surface area contributed by atoms with Crippen LogP contribution in [0.15, 0.2) is 0 Å². The van der Waals surface area contributed by atoms with Crippen LogP contribution in [0.2, 0.25) is 0 Å². The number of carbonyl (C=O) groups is 2. The average molecular weight is 263 g/mol. The molecule has 0 aromatic heterocycles. The number of carbonyl (C=O) groups excluding carboxylic acids is 1. The van der Waals surface area contributed by atoms with E-state index in [1.54, 1.807) is 0 Å². The molecular weight excluding hydrogens is 244 g/mol. The standard InChI is InChI=1S/C12H19F2NO3/c1-7(2)5-9(11(17)18)15-10(16)8-3-4-12(13,14)6-8/h7-9H,3-6H2,1-2H3,(H,15,16)(H,17,18)/t8?,9-/m0/s1. The second-order valence-electron chi connectivity index (χ2n) is 5.32. The van der Waals surface area contributed by atoms with Gasteiger partial charge in [-0.1, -0.05) is 13.8 Å². The van der Waals surface area contributed by atoms with Crippen molar-refractivity contribution in [3.05, 3.63) is 0 Å². The smallest absolute Gasteiger partial charge is 0.326 e. The largest absolute Gasteiger partial charge is 0.480 e. The van der Waals surface area contributed by atoms with Crippen molar-refractivity contribution in [2.24, 2.45) is 11.8 Å². The van der Waals surface area contributed by atoms with Crippen LogP contribution in [-0.2, 0) is 9.59 Å². The highest BCUT2D eigenvalue weighted by Gasteiger charge is 2.43. The van der Waals surface area contributed by atoms with E-state index in [1.165, 1.54) is 0 Å².